The largest absolute Gasteiger partial charge is 0.321 e. The smallest absolute Gasteiger partial charge is 0.267 e. The van der Waals surface area contributed by atoms with Gasteiger partial charge in [0.15, 0.2) is 5.13 Å². The van der Waals surface area contributed by atoms with Gasteiger partial charge in [-0.2, -0.15) is 0 Å². The minimum Gasteiger partial charge on any atom is -0.321 e. The Labute approximate surface area is 171 Å². The minimum absolute atomic E-state index is 0.0566. The monoisotopic (exact) mass is 452 g/mol. The molecular formula is C17H16N4O5S3. The van der Waals surface area contributed by atoms with Gasteiger partial charge in [-0.15, -0.1) is 0 Å². The van der Waals surface area contributed by atoms with E-state index < -0.39 is 26.0 Å². The highest BCUT2D eigenvalue weighted by Gasteiger charge is 2.20. The second-order valence-corrected chi connectivity index (χ2v) is 10.1. The molecule has 3 rings (SSSR count). The lowest BCUT2D eigenvalue weighted by molar-refractivity contribution is 0.103. The van der Waals surface area contributed by atoms with E-state index >= 15 is 0 Å². The first kappa shape index (κ1) is 20.9. The van der Waals surface area contributed by atoms with Crippen molar-refractivity contribution in [3.05, 3.63) is 65.2 Å². The van der Waals surface area contributed by atoms with Gasteiger partial charge in [-0.3, -0.25) is 9.52 Å². The maximum absolute atomic E-state index is 12.5. The molecule has 3 aromatic rings. The van der Waals surface area contributed by atoms with Gasteiger partial charge in [-0.1, -0.05) is 29.5 Å². The Morgan fingerprint density at radius 1 is 0.966 bits per heavy atom. The lowest BCUT2D eigenvalue weighted by atomic mass is 10.3. The van der Waals surface area contributed by atoms with Crippen molar-refractivity contribution in [3.8, 4) is 0 Å². The van der Waals surface area contributed by atoms with E-state index in [0.29, 0.717) is 11.4 Å². The average molecular weight is 453 g/mol. The van der Waals surface area contributed by atoms with Crippen molar-refractivity contribution in [2.75, 3.05) is 10.0 Å². The zero-order chi connectivity index (χ0) is 21.2. The number of carbonyl (C=O) groups is 1. The molecule has 29 heavy (non-hydrogen) atoms. The predicted octanol–water partition coefficient (Wildman–Crippen LogP) is 2.15. The number of primary sulfonamides is 1. The van der Waals surface area contributed by atoms with E-state index in [4.69, 9.17) is 5.14 Å². The van der Waals surface area contributed by atoms with Crippen molar-refractivity contribution in [2.24, 2.45) is 5.14 Å². The second kappa shape index (κ2) is 7.91. The van der Waals surface area contributed by atoms with Crippen LogP contribution < -0.4 is 15.2 Å². The molecule has 0 atom stereocenters. The average Bonchev–Trinajstić information content (AvgIpc) is 3.01. The molecule has 0 aliphatic rings. The van der Waals surface area contributed by atoms with Gasteiger partial charge >= 0.3 is 0 Å². The summed E-state index contributed by atoms with van der Waals surface area (Å²) in [6.07, 6.45) is 0. The van der Waals surface area contributed by atoms with Gasteiger partial charge in [0.1, 0.15) is 4.88 Å². The molecule has 0 unspecified atom stereocenters. The van der Waals surface area contributed by atoms with Crippen molar-refractivity contribution in [2.45, 2.75) is 16.7 Å². The van der Waals surface area contributed by atoms with E-state index in [1.54, 1.807) is 25.1 Å². The van der Waals surface area contributed by atoms with E-state index in [1.807, 2.05) is 0 Å². The molecule has 1 aromatic heterocycles. The topological polar surface area (TPSA) is 148 Å². The van der Waals surface area contributed by atoms with Crippen molar-refractivity contribution >= 4 is 48.1 Å². The van der Waals surface area contributed by atoms with Gasteiger partial charge in [0, 0.05) is 5.69 Å². The Kier molecular flexibility index (Phi) is 5.71. The molecule has 0 radical (unpaired) electrons. The van der Waals surface area contributed by atoms with Gasteiger partial charge in [0.25, 0.3) is 15.9 Å². The van der Waals surface area contributed by atoms with Crippen LogP contribution in [0, 0.1) is 6.92 Å². The maximum Gasteiger partial charge on any atom is 0.267 e. The molecule has 152 valence electrons. The summed E-state index contributed by atoms with van der Waals surface area (Å²) in [7, 11) is -7.65. The number of hydrogen-bond acceptors (Lipinski definition) is 7. The number of thiazole rings is 1. The highest BCUT2D eigenvalue weighted by Crippen LogP contribution is 2.26. The number of nitrogens with one attached hydrogen (secondary N) is 2. The molecule has 0 saturated heterocycles. The summed E-state index contributed by atoms with van der Waals surface area (Å²) in [5.41, 5.74) is 0.695. The SMILES string of the molecule is Cc1nc(NS(=O)(=O)c2ccccc2)sc1C(=O)Nc1ccc(S(N)(=O)=O)cc1. The molecule has 1 heterocycles. The molecule has 12 heteroatoms. The summed E-state index contributed by atoms with van der Waals surface area (Å²) in [4.78, 5) is 16.8. The Hall–Kier alpha value is -2.80. The van der Waals surface area contributed by atoms with Crippen LogP contribution in [0.4, 0.5) is 10.8 Å². The molecule has 0 spiro atoms. The van der Waals surface area contributed by atoms with Gasteiger partial charge in [0.2, 0.25) is 10.0 Å². The van der Waals surface area contributed by atoms with E-state index in [0.717, 1.165) is 11.3 Å². The van der Waals surface area contributed by atoms with Crippen LogP contribution in [0.5, 0.6) is 0 Å². The van der Waals surface area contributed by atoms with Crippen molar-refractivity contribution < 1.29 is 21.6 Å². The number of amides is 1. The fraction of sp³-hybridized carbons (Fsp3) is 0.0588. The molecular weight excluding hydrogens is 436 g/mol. The number of rotatable bonds is 6. The predicted molar refractivity (Wildman–Crippen MR) is 110 cm³/mol. The fourth-order valence-electron chi connectivity index (χ4n) is 2.34. The molecule has 0 aliphatic heterocycles. The summed E-state index contributed by atoms with van der Waals surface area (Å²) >= 11 is 0.886. The number of nitrogens with zero attached hydrogens (tertiary/aromatic N) is 1. The Balaban J connectivity index is 1.77. The standard InChI is InChI=1S/C17H16N4O5S3/c1-11-15(16(22)20-12-7-9-13(10-8-12)28(18,23)24)27-17(19-11)21-29(25,26)14-5-3-2-4-6-14/h2-10H,1H3,(H,19,21)(H,20,22)(H2,18,23,24). The molecule has 9 nitrogen and oxygen atoms in total. The third-order valence-corrected chi connectivity index (χ3v) is 7.20. The van der Waals surface area contributed by atoms with Crippen LogP contribution in [0.25, 0.3) is 0 Å². The highest BCUT2D eigenvalue weighted by atomic mass is 32.2. The summed E-state index contributed by atoms with van der Waals surface area (Å²) in [6, 6.07) is 13.1. The van der Waals surface area contributed by atoms with Crippen LogP contribution in [0.15, 0.2) is 64.4 Å². The second-order valence-electron chi connectivity index (χ2n) is 5.88. The number of anilines is 2. The number of aryl methyl sites for hydroxylation is 1. The minimum atomic E-state index is -3.83. The number of carbonyl (C=O) groups excluding carboxylic acids is 1. The molecule has 1 amide bonds. The number of benzene rings is 2. The van der Waals surface area contributed by atoms with Crippen molar-refractivity contribution in [1.82, 2.24) is 4.98 Å². The van der Waals surface area contributed by atoms with Crippen molar-refractivity contribution in [1.29, 1.82) is 0 Å². The highest BCUT2D eigenvalue weighted by molar-refractivity contribution is 7.93. The summed E-state index contributed by atoms with van der Waals surface area (Å²) in [6.45, 7) is 1.58. The van der Waals surface area contributed by atoms with Crippen LogP contribution in [0.1, 0.15) is 15.4 Å². The Bertz CT molecular complexity index is 1250. The molecule has 4 N–H and O–H groups in total. The van der Waals surface area contributed by atoms with Crippen LogP contribution in [0.3, 0.4) is 0 Å². The number of sulfonamides is 2. The fourth-order valence-corrected chi connectivity index (χ4v) is 4.97. The first-order valence-electron chi connectivity index (χ1n) is 8.06. The zero-order valence-corrected chi connectivity index (χ0v) is 17.4. The lowest BCUT2D eigenvalue weighted by Crippen LogP contribution is -2.13. The molecule has 0 saturated carbocycles. The Morgan fingerprint density at radius 3 is 2.17 bits per heavy atom. The van der Waals surface area contributed by atoms with E-state index in [-0.39, 0.29) is 19.8 Å². The summed E-state index contributed by atoms with van der Waals surface area (Å²) in [5, 5.41) is 7.70. The first-order valence-corrected chi connectivity index (χ1v) is 11.9. The van der Waals surface area contributed by atoms with E-state index in [2.05, 4.69) is 15.0 Å². The van der Waals surface area contributed by atoms with Crippen LogP contribution in [0.2, 0.25) is 0 Å². The number of hydrogen-bond donors (Lipinski definition) is 3. The Morgan fingerprint density at radius 2 is 1.59 bits per heavy atom. The molecule has 0 fully saturated rings. The summed E-state index contributed by atoms with van der Waals surface area (Å²) < 4.78 is 49.7. The van der Waals surface area contributed by atoms with Gasteiger partial charge < -0.3 is 5.32 Å². The van der Waals surface area contributed by atoms with Crippen molar-refractivity contribution in [3.63, 3.8) is 0 Å². The van der Waals surface area contributed by atoms with Crippen LogP contribution in [-0.4, -0.2) is 27.7 Å². The maximum atomic E-state index is 12.5. The van der Waals surface area contributed by atoms with Gasteiger partial charge in [-0.05, 0) is 43.3 Å². The number of aromatic nitrogens is 1. The zero-order valence-electron chi connectivity index (χ0n) is 15.0. The van der Waals surface area contributed by atoms with E-state index in [9.17, 15) is 21.6 Å². The molecule has 0 bridgehead atoms. The van der Waals surface area contributed by atoms with Gasteiger partial charge in [0.05, 0.1) is 15.5 Å². The molecule has 2 aromatic carbocycles. The third kappa shape index (κ3) is 4.98. The lowest BCUT2D eigenvalue weighted by Gasteiger charge is -2.05. The van der Waals surface area contributed by atoms with Crippen LogP contribution >= 0.6 is 11.3 Å². The third-order valence-electron chi connectivity index (χ3n) is 3.72. The van der Waals surface area contributed by atoms with E-state index in [1.165, 1.54) is 36.4 Å². The van der Waals surface area contributed by atoms with Gasteiger partial charge in [-0.25, -0.2) is 27.0 Å². The van der Waals surface area contributed by atoms with Crippen LogP contribution in [-0.2, 0) is 20.0 Å². The number of nitrogens with two attached hydrogens (primary N) is 1. The quantitative estimate of drug-likeness (QED) is 0.522. The summed E-state index contributed by atoms with van der Waals surface area (Å²) in [5.74, 6) is -0.506. The molecule has 0 aliphatic carbocycles. The normalized spacial score (nSPS) is 11.8. The first-order chi connectivity index (χ1) is 13.6.